The zero-order valence-corrected chi connectivity index (χ0v) is 9.19. The number of aliphatic carboxylic acids is 1. The van der Waals surface area contributed by atoms with E-state index >= 15 is 0 Å². The summed E-state index contributed by atoms with van der Waals surface area (Å²) in [6, 6.07) is 7.18. The number of carbonyl (C=O) groups excluding carboxylic acids is 1. The van der Waals surface area contributed by atoms with Crippen LogP contribution in [-0.2, 0) is 11.2 Å². The summed E-state index contributed by atoms with van der Waals surface area (Å²) < 4.78 is 0. The second-order valence-electron chi connectivity index (χ2n) is 3.56. The van der Waals surface area contributed by atoms with Crippen molar-refractivity contribution in [2.75, 3.05) is 0 Å². The average Bonchev–Trinajstić information content (AvgIpc) is 2.28. The summed E-state index contributed by atoms with van der Waals surface area (Å²) in [6.45, 7) is 5.36. The zero-order chi connectivity index (χ0) is 12.1. The van der Waals surface area contributed by atoms with Crippen LogP contribution in [0.1, 0.15) is 29.3 Å². The molecule has 0 aromatic heterocycles. The van der Waals surface area contributed by atoms with Gasteiger partial charge in [0.05, 0.1) is 0 Å². The Hall–Kier alpha value is -1.90. The predicted molar refractivity (Wildman–Crippen MR) is 61.5 cm³/mol. The van der Waals surface area contributed by atoms with Gasteiger partial charge in [-0.05, 0) is 12.0 Å². The van der Waals surface area contributed by atoms with Crippen LogP contribution >= 0.6 is 0 Å². The van der Waals surface area contributed by atoms with Crippen LogP contribution in [0.5, 0.6) is 0 Å². The van der Waals surface area contributed by atoms with Gasteiger partial charge in [-0.2, -0.15) is 0 Å². The van der Waals surface area contributed by atoms with Crippen molar-refractivity contribution in [3.05, 3.63) is 47.5 Å². The number of hydrogen-bond donors (Lipinski definition) is 1. The topological polar surface area (TPSA) is 54.4 Å². The highest BCUT2D eigenvalue weighted by atomic mass is 16.4. The number of benzene rings is 1. The van der Waals surface area contributed by atoms with Crippen LogP contribution < -0.4 is 0 Å². The smallest absolute Gasteiger partial charge is 0.331 e. The minimum atomic E-state index is -1.13. The molecule has 0 amide bonds. The molecule has 84 valence electrons. The lowest BCUT2D eigenvalue weighted by Gasteiger charge is -2.02. The van der Waals surface area contributed by atoms with Crippen molar-refractivity contribution in [3.8, 4) is 0 Å². The summed E-state index contributed by atoms with van der Waals surface area (Å²) in [5.74, 6) is -1.34. The molecule has 0 heterocycles. The van der Waals surface area contributed by atoms with Gasteiger partial charge in [0.25, 0.3) is 0 Å². The van der Waals surface area contributed by atoms with E-state index in [9.17, 15) is 9.59 Å². The van der Waals surface area contributed by atoms with Crippen LogP contribution in [-0.4, -0.2) is 16.9 Å². The highest BCUT2D eigenvalue weighted by Crippen LogP contribution is 2.10. The van der Waals surface area contributed by atoms with Crippen molar-refractivity contribution in [1.29, 1.82) is 0 Å². The Morgan fingerprint density at radius 2 is 1.81 bits per heavy atom. The fourth-order valence-corrected chi connectivity index (χ4v) is 1.30. The van der Waals surface area contributed by atoms with Crippen molar-refractivity contribution in [1.82, 2.24) is 0 Å². The molecule has 0 atom stereocenters. The summed E-state index contributed by atoms with van der Waals surface area (Å²) >= 11 is 0. The van der Waals surface area contributed by atoms with Crippen molar-refractivity contribution < 1.29 is 14.7 Å². The fraction of sp³-hybridized carbons (Fsp3) is 0.231. The molecule has 0 radical (unpaired) electrons. The molecule has 0 aliphatic rings. The van der Waals surface area contributed by atoms with Gasteiger partial charge in [-0.3, -0.25) is 4.79 Å². The SMILES string of the molecule is C=C(CC(=O)c1ccc(CC)cc1)C(=O)O. The minimum Gasteiger partial charge on any atom is -0.478 e. The first-order valence-corrected chi connectivity index (χ1v) is 5.07. The maximum atomic E-state index is 11.6. The molecular formula is C13H14O3. The Morgan fingerprint density at radius 1 is 1.25 bits per heavy atom. The molecule has 0 aliphatic carbocycles. The number of carbonyl (C=O) groups is 2. The van der Waals surface area contributed by atoms with Crippen molar-refractivity contribution in [2.45, 2.75) is 19.8 Å². The summed E-state index contributed by atoms with van der Waals surface area (Å²) in [7, 11) is 0. The lowest BCUT2D eigenvalue weighted by molar-refractivity contribution is -0.132. The van der Waals surface area contributed by atoms with E-state index in [2.05, 4.69) is 6.58 Å². The maximum absolute atomic E-state index is 11.6. The Morgan fingerprint density at radius 3 is 2.25 bits per heavy atom. The molecule has 1 N–H and O–H groups in total. The quantitative estimate of drug-likeness (QED) is 0.610. The Kier molecular flexibility index (Phi) is 4.00. The van der Waals surface area contributed by atoms with Gasteiger partial charge in [0.15, 0.2) is 5.78 Å². The van der Waals surface area contributed by atoms with Crippen LogP contribution in [0, 0.1) is 0 Å². The molecule has 0 unspecified atom stereocenters. The van der Waals surface area contributed by atoms with E-state index in [1.165, 1.54) is 0 Å². The number of rotatable bonds is 5. The standard InChI is InChI=1S/C13H14O3/c1-3-10-4-6-11(7-5-10)12(14)8-9(2)13(15)16/h4-7H,2-3,8H2,1H3,(H,15,16). The molecule has 0 saturated heterocycles. The van der Waals surface area contributed by atoms with Crippen molar-refractivity contribution in [2.24, 2.45) is 0 Å². The second kappa shape index (κ2) is 5.26. The zero-order valence-electron chi connectivity index (χ0n) is 9.19. The lowest BCUT2D eigenvalue weighted by Crippen LogP contribution is -2.06. The van der Waals surface area contributed by atoms with Crippen LogP contribution in [0.2, 0.25) is 0 Å². The molecule has 3 nitrogen and oxygen atoms in total. The van der Waals surface area contributed by atoms with E-state index in [0.29, 0.717) is 5.56 Å². The number of carboxylic acid groups (broad SMARTS) is 1. The third-order valence-electron chi connectivity index (χ3n) is 2.36. The van der Waals surface area contributed by atoms with Gasteiger partial charge in [0.1, 0.15) is 0 Å². The van der Waals surface area contributed by atoms with Crippen LogP contribution in [0.4, 0.5) is 0 Å². The molecule has 3 heteroatoms. The molecule has 0 spiro atoms. The van der Waals surface area contributed by atoms with E-state index in [-0.39, 0.29) is 17.8 Å². The second-order valence-corrected chi connectivity index (χ2v) is 3.56. The molecule has 1 aromatic rings. The molecule has 0 bridgehead atoms. The number of ketones is 1. The molecule has 16 heavy (non-hydrogen) atoms. The molecule has 1 aromatic carbocycles. The summed E-state index contributed by atoms with van der Waals surface area (Å²) in [4.78, 5) is 22.1. The Balaban J connectivity index is 2.73. The first-order valence-electron chi connectivity index (χ1n) is 5.07. The number of Topliss-reactive ketones (excluding diaryl/α,β-unsaturated/α-hetero) is 1. The third kappa shape index (κ3) is 3.05. The van der Waals surface area contributed by atoms with E-state index < -0.39 is 5.97 Å². The minimum absolute atomic E-state index is 0.0791. The van der Waals surface area contributed by atoms with E-state index in [1.54, 1.807) is 12.1 Å². The molecular weight excluding hydrogens is 204 g/mol. The van der Waals surface area contributed by atoms with E-state index in [4.69, 9.17) is 5.11 Å². The Bertz CT molecular complexity index is 415. The van der Waals surface area contributed by atoms with Gasteiger partial charge in [-0.25, -0.2) is 4.79 Å². The van der Waals surface area contributed by atoms with Gasteiger partial charge in [-0.1, -0.05) is 37.8 Å². The first kappa shape index (κ1) is 12.2. The van der Waals surface area contributed by atoms with Crippen LogP contribution in [0.15, 0.2) is 36.4 Å². The number of hydrogen-bond acceptors (Lipinski definition) is 2. The Labute approximate surface area is 94.4 Å². The average molecular weight is 218 g/mol. The number of carboxylic acids is 1. The normalized spacial score (nSPS) is 9.81. The van der Waals surface area contributed by atoms with Crippen molar-refractivity contribution >= 4 is 11.8 Å². The van der Waals surface area contributed by atoms with Crippen LogP contribution in [0.3, 0.4) is 0 Å². The van der Waals surface area contributed by atoms with Gasteiger partial charge in [-0.15, -0.1) is 0 Å². The fourth-order valence-electron chi connectivity index (χ4n) is 1.30. The molecule has 1 rings (SSSR count). The van der Waals surface area contributed by atoms with Gasteiger partial charge >= 0.3 is 5.97 Å². The lowest BCUT2D eigenvalue weighted by atomic mass is 10.0. The van der Waals surface area contributed by atoms with E-state index in [0.717, 1.165) is 12.0 Å². The first-order chi connectivity index (χ1) is 7.54. The molecule has 0 aliphatic heterocycles. The summed E-state index contributed by atoms with van der Waals surface area (Å²) in [5, 5.41) is 8.61. The monoisotopic (exact) mass is 218 g/mol. The largest absolute Gasteiger partial charge is 0.478 e. The predicted octanol–water partition coefficient (Wildman–Crippen LogP) is 2.46. The molecule has 0 saturated carbocycles. The van der Waals surface area contributed by atoms with Gasteiger partial charge in [0, 0.05) is 17.6 Å². The third-order valence-corrected chi connectivity index (χ3v) is 2.36. The van der Waals surface area contributed by atoms with Gasteiger partial charge in [0.2, 0.25) is 0 Å². The highest BCUT2D eigenvalue weighted by molar-refractivity contribution is 6.02. The van der Waals surface area contributed by atoms with Crippen LogP contribution in [0.25, 0.3) is 0 Å². The summed E-state index contributed by atoms with van der Waals surface area (Å²) in [5.41, 5.74) is 1.60. The summed E-state index contributed by atoms with van der Waals surface area (Å²) in [6.07, 6.45) is 0.775. The maximum Gasteiger partial charge on any atom is 0.331 e. The molecule has 0 fully saturated rings. The van der Waals surface area contributed by atoms with Crippen molar-refractivity contribution in [3.63, 3.8) is 0 Å². The van der Waals surface area contributed by atoms with E-state index in [1.807, 2.05) is 19.1 Å². The highest BCUT2D eigenvalue weighted by Gasteiger charge is 2.11. The number of aryl methyl sites for hydroxylation is 1. The van der Waals surface area contributed by atoms with Gasteiger partial charge < -0.3 is 5.11 Å².